The summed E-state index contributed by atoms with van der Waals surface area (Å²) in [6, 6.07) is 5.19. The van der Waals surface area contributed by atoms with E-state index in [-0.39, 0.29) is 16.2 Å². The molecule has 1 aromatic carbocycles. The molecule has 7 nitrogen and oxygen atoms in total. The standard InChI is InChI=1S/C20H29N3O4S/c1-14-8-9-16(26-5)17(11-14)28(24,25)23-10-6-7-15(13-23)19-22-21-18(27-19)12-20(2,3)4/h8-9,11,15H,6-7,10,12-13H2,1-5H3. The smallest absolute Gasteiger partial charge is 0.246 e. The number of piperidine rings is 1. The Labute approximate surface area is 167 Å². The van der Waals surface area contributed by atoms with Crippen molar-refractivity contribution < 1.29 is 17.6 Å². The van der Waals surface area contributed by atoms with Gasteiger partial charge in [0.25, 0.3) is 0 Å². The Morgan fingerprint density at radius 2 is 2.04 bits per heavy atom. The van der Waals surface area contributed by atoms with Gasteiger partial charge >= 0.3 is 0 Å². The molecule has 1 aromatic heterocycles. The summed E-state index contributed by atoms with van der Waals surface area (Å²) in [5.41, 5.74) is 0.921. The molecule has 0 spiro atoms. The molecule has 3 rings (SSSR count). The summed E-state index contributed by atoms with van der Waals surface area (Å²) in [5, 5.41) is 8.35. The highest BCUT2D eigenvalue weighted by molar-refractivity contribution is 7.89. The summed E-state index contributed by atoms with van der Waals surface area (Å²) in [7, 11) is -2.19. The van der Waals surface area contributed by atoms with Gasteiger partial charge in [-0.1, -0.05) is 26.8 Å². The van der Waals surface area contributed by atoms with Crippen molar-refractivity contribution in [3.63, 3.8) is 0 Å². The lowest BCUT2D eigenvalue weighted by atomic mass is 9.92. The number of sulfonamides is 1. The molecule has 1 atom stereocenters. The fraction of sp³-hybridized carbons (Fsp3) is 0.600. The van der Waals surface area contributed by atoms with E-state index in [1.54, 1.807) is 12.1 Å². The van der Waals surface area contributed by atoms with E-state index in [1.165, 1.54) is 11.4 Å². The van der Waals surface area contributed by atoms with E-state index < -0.39 is 10.0 Å². The summed E-state index contributed by atoms with van der Waals surface area (Å²) < 4.78 is 39.2. The SMILES string of the molecule is COc1ccc(C)cc1S(=O)(=O)N1CCCC(c2nnc(CC(C)(C)C)o2)C1. The minimum atomic E-state index is -3.67. The normalized spacial score (nSPS) is 19.0. The van der Waals surface area contributed by atoms with Crippen LogP contribution >= 0.6 is 0 Å². The maximum absolute atomic E-state index is 13.3. The largest absolute Gasteiger partial charge is 0.495 e. The molecule has 8 heteroatoms. The van der Waals surface area contributed by atoms with Crippen LogP contribution in [0.15, 0.2) is 27.5 Å². The van der Waals surface area contributed by atoms with Crippen molar-refractivity contribution in [1.82, 2.24) is 14.5 Å². The van der Waals surface area contributed by atoms with Crippen molar-refractivity contribution in [3.8, 4) is 5.75 Å². The molecule has 28 heavy (non-hydrogen) atoms. The minimum Gasteiger partial charge on any atom is -0.495 e. The number of hydrogen-bond donors (Lipinski definition) is 0. The third-order valence-electron chi connectivity index (χ3n) is 4.83. The van der Waals surface area contributed by atoms with Crippen molar-refractivity contribution >= 4 is 10.0 Å². The number of benzene rings is 1. The fourth-order valence-electron chi connectivity index (χ4n) is 3.44. The van der Waals surface area contributed by atoms with E-state index >= 15 is 0 Å². The van der Waals surface area contributed by atoms with Crippen LogP contribution in [0.2, 0.25) is 0 Å². The first kappa shape index (κ1) is 20.8. The quantitative estimate of drug-likeness (QED) is 0.753. The van der Waals surface area contributed by atoms with E-state index in [2.05, 4.69) is 31.0 Å². The van der Waals surface area contributed by atoms with Gasteiger partial charge in [-0.2, -0.15) is 4.31 Å². The van der Waals surface area contributed by atoms with Gasteiger partial charge in [-0.3, -0.25) is 0 Å². The first-order valence-electron chi connectivity index (χ1n) is 9.57. The minimum absolute atomic E-state index is 0.0491. The van der Waals surface area contributed by atoms with Crippen molar-refractivity contribution in [2.24, 2.45) is 5.41 Å². The molecule has 0 saturated carbocycles. The molecule has 0 radical (unpaired) electrons. The summed E-state index contributed by atoms with van der Waals surface area (Å²) >= 11 is 0. The Balaban J connectivity index is 1.82. The van der Waals surface area contributed by atoms with E-state index in [9.17, 15) is 8.42 Å². The summed E-state index contributed by atoms with van der Waals surface area (Å²) in [4.78, 5) is 0.203. The van der Waals surface area contributed by atoms with Gasteiger partial charge in [0.2, 0.25) is 21.8 Å². The number of ether oxygens (including phenoxy) is 1. The van der Waals surface area contributed by atoms with Crippen molar-refractivity contribution in [1.29, 1.82) is 0 Å². The Morgan fingerprint density at radius 3 is 2.71 bits per heavy atom. The first-order chi connectivity index (χ1) is 13.1. The Hall–Kier alpha value is -1.93. The van der Waals surface area contributed by atoms with Crippen LogP contribution in [0, 0.1) is 12.3 Å². The van der Waals surface area contributed by atoms with Crippen LogP contribution in [0.3, 0.4) is 0 Å². The molecule has 1 fully saturated rings. The van der Waals surface area contributed by atoms with Crippen molar-refractivity contribution in [2.45, 2.75) is 57.8 Å². The lowest BCUT2D eigenvalue weighted by Crippen LogP contribution is -2.39. The summed E-state index contributed by atoms with van der Waals surface area (Å²) in [5.74, 6) is 1.39. The van der Waals surface area contributed by atoms with Crippen molar-refractivity contribution in [3.05, 3.63) is 35.5 Å². The van der Waals surface area contributed by atoms with Gasteiger partial charge in [0.1, 0.15) is 10.6 Å². The zero-order chi connectivity index (χ0) is 20.5. The molecule has 2 heterocycles. The van der Waals surface area contributed by atoms with Gasteiger partial charge < -0.3 is 9.15 Å². The van der Waals surface area contributed by atoms with Crippen LogP contribution in [-0.4, -0.2) is 43.1 Å². The predicted octanol–water partition coefficient (Wildman–Crippen LogP) is 3.54. The van der Waals surface area contributed by atoms with E-state index in [4.69, 9.17) is 9.15 Å². The molecule has 1 unspecified atom stereocenters. The van der Waals surface area contributed by atoms with Crippen LogP contribution in [0.5, 0.6) is 5.75 Å². The number of nitrogens with zero attached hydrogens (tertiary/aromatic N) is 3. The third kappa shape index (κ3) is 4.55. The highest BCUT2D eigenvalue weighted by atomic mass is 32.2. The van der Waals surface area contributed by atoms with Gasteiger partial charge in [-0.05, 0) is 42.9 Å². The first-order valence-corrected chi connectivity index (χ1v) is 11.0. The number of rotatable bonds is 5. The third-order valence-corrected chi connectivity index (χ3v) is 6.72. The Morgan fingerprint density at radius 1 is 1.29 bits per heavy atom. The average molecular weight is 408 g/mol. The van der Waals surface area contributed by atoms with Crippen LogP contribution in [0.1, 0.15) is 56.9 Å². The fourth-order valence-corrected chi connectivity index (χ4v) is 5.21. The molecule has 0 aliphatic carbocycles. The van der Waals surface area contributed by atoms with Crippen LogP contribution in [0.25, 0.3) is 0 Å². The molecule has 154 valence electrons. The second-order valence-electron chi connectivity index (χ2n) is 8.63. The molecule has 1 aliphatic heterocycles. The highest BCUT2D eigenvalue weighted by Crippen LogP contribution is 2.33. The molecule has 1 aliphatic rings. The van der Waals surface area contributed by atoms with Crippen LogP contribution in [0.4, 0.5) is 0 Å². The van der Waals surface area contributed by atoms with E-state index in [0.29, 0.717) is 37.0 Å². The monoisotopic (exact) mass is 407 g/mol. The van der Waals surface area contributed by atoms with Crippen LogP contribution in [-0.2, 0) is 16.4 Å². The topological polar surface area (TPSA) is 85.5 Å². The Bertz CT molecular complexity index is 931. The second-order valence-corrected chi connectivity index (χ2v) is 10.5. The number of aryl methyl sites for hydroxylation is 1. The number of hydrogen-bond acceptors (Lipinski definition) is 6. The highest BCUT2D eigenvalue weighted by Gasteiger charge is 2.35. The number of aromatic nitrogens is 2. The zero-order valence-corrected chi connectivity index (χ0v) is 18.0. The Kier molecular flexibility index (Phi) is 5.82. The summed E-state index contributed by atoms with van der Waals surface area (Å²) in [6.07, 6.45) is 2.26. The van der Waals surface area contributed by atoms with Gasteiger partial charge in [0, 0.05) is 19.5 Å². The average Bonchev–Trinajstić information content (AvgIpc) is 3.08. The second kappa shape index (κ2) is 7.83. The lowest BCUT2D eigenvalue weighted by molar-refractivity contribution is 0.273. The molecule has 0 amide bonds. The zero-order valence-electron chi connectivity index (χ0n) is 17.2. The summed E-state index contributed by atoms with van der Waals surface area (Å²) in [6.45, 7) is 9.01. The van der Waals surface area contributed by atoms with Gasteiger partial charge in [-0.15, -0.1) is 10.2 Å². The maximum atomic E-state index is 13.3. The molecule has 1 saturated heterocycles. The van der Waals surface area contributed by atoms with Crippen molar-refractivity contribution in [2.75, 3.05) is 20.2 Å². The van der Waals surface area contributed by atoms with E-state index in [0.717, 1.165) is 18.4 Å². The van der Waals surface area contributed by atoms with Gasteiger partial charge in [-0.25, -0.2) is 8.42 Å². The molecule has 2 aromatic rings. The molecular weight excluding hydrogens is 378 g/mol. The number of methoxy groups -OCH3 is 1. The van der Waals surface area contributed by atoms with E-state index in [1.807, 2.05) is 13.0 Å². The van der Waals surface area contributed by atoms with Gasteiger partial charge in [0.15, 0.2) is 0 Å². The predicted molar refractivity (Wildman–Crippen MR) is 106 cm³/mol. The molecule has 0 N–H and O–H groups in total. The maximum Gasteiger partial charge on any atom is 0.246 e. The lowest BCUT2D eigenvalue weighted by Gasteiger charge is -2.30. The molecular formula is C20H29N3O4S. The van der Waals surface area contributed by atoms with Gasteiger partial charge in [0.05, 0.1) is 13.0 Å². The molecule has 0 bridgehead atoms. The van der Waals surface area contributed by atoms with Crippen LogP contribution < -0.4 is 4.74 Å².